The van der Waals surface area contributed by atoms with E-state index in [4.69, 9.17) is 17.0 Å². The Kier molecular flexibility index (Phi) is 4.05. The Hall–Kier alpha value is -1.13. The van der Waals surface area contributed by atoms with E-state index < -0.39 is 0 Å². The van der Waals surface area contributed by atoms with Gasteiger partial charge in [-0.05, 0) is 26.0 Å². The first-order chi connectivity index (χ1) is 7.07. The molecule has 0 bridgehead atoms. The molecule has 0 saturated heterocycles. The molecule has 4 heteroatoms. The van der Waals surface area contributed by atoms with E-state index in [0.29, 0.717) is 10.7 Å². The summed E-state index contributed by atoms with van der Waals surface area (Å²) in [4.78, 5) is 0.377. The van der Waals surface area contributed by atoms with Gasteiger partial charge in [0.15, 0.2) is 0 Å². The van der Waals surface area contributed by atoms with Crippen molar-refractivity contribution in [1.82, 2.24) is 5.06 Å². The van der Waals surface area contributed by atoms with Crippen LogP contribution in [0.4, 0.5) is 0 Å². The Bertz CT molecular complexity index is 352. The van der Waals surface area contributed by atoms with Crippen LogP contribution in [0.15, 0.2) is 24.3 Å². The number of rotatable bonds is 3. The molecule has 0 radical (unpaired) electrons. The van der Waals surface area contributed by atoms with E-state index in [9.17, 15) is 5.21 Å². The molecule has 1 rings (SSSR count). The van der Waals surface area contributed by atoms with E-state index >= 15 is 0 Å². The Morgan fingerprint density at radius 3 is 2.53 bits per heavy atom. The van der Waals surface area contributed by atoms with E-state index in [1.54, 1.807) is 7.11 Å². The number of nitrogens with zero attached hydrogens (tertiary/aromatic N) is 1. The molecule has 0 unspecified atom stereocenters. The molecule has 0 saturated carbocycles. The van der Waals surface area contributed by atoms with Gasteiger partial charge >= 0.3 is 0 Å². The molecule has 3 nitrogen and oxygen atoms in total. The molecule has 0 atom stereocenters. The smallest absolute Gasteiger partial charge is 0.137 e. The zero-order valence-electron chi connectivity index (χ0n) is 9.10. The van der Waals surface area contributed by atoms with E-state index in [2.05, 4.69) is 0 Å². The zero-order chi connectivity index (χ0) is 11.4. The maximum Gasteiger partial charge on any atom is 0.137 e. The first-order valence-corrected chi connectivity index (χ1v) is 5.14. The van der Waals surface area contributed by atoms with Gasteiger partial charge in [-0.25, -0.2) is 5.06 Å². The average Bonchev–Trinajstić information content (AvgIpc) is 2.26. The van der Waals surface area contributed by atoms with Crippen LogP contribution in [0.2, 0.25) is 0 Å². The first kappa shape index (κ1) is 11.9. The summed E-state index contributed by atoms with van der Waals surface area (Å²) in [5.41, 5.74) is 0.728. The Balaban J connectivity index is 3.00. The van der Waals surface area contributed by atoms with Gasteiger partial charge in [0, 0.05) is 0 Å². The molecule has 1 aromatic rings. The summed E-state index contributed by atoms with van der Waals surface area (Å²) in [7, 11) is 1.58. The molecule has 15 heavy (non-hydrogen) atoms. The van der Waals surface area contributed by atoms with Crippen LogP contribution in [0.25, 0.3) is 0 Å². The van der Waals surface area contributed by atoms with Crippen molar-refractivity contribution in [2.75, 3.05) is 7.11 Å². The summed E-state index contributed by atoms with van der Waals surface area (Å²) < 4.78 is 5.17. The van der Waals surface area contributed by atoms with Crippen LogP contribution in [-0.4, -0.2) is 28.4 Å². The number of hydroxylamine groups is 2. The summed E-state index contributed by atoms with van der Waals surface area (Å²) in [6.45, 7) is 3.73. The number of hydrogen-bond acceptors (Lipinski definition) is 3. The SMILES string of the molecule is COc1ccccc1C(=S)N(O)C(C)C. The fourth-order valence-corrected chi connectivity index (χ4v) is 1.56. The summed E-state index contributed by atoms with van der Waals surface area (Å²) >= 11 is 5.17. The zero-order valence-corrected chi connectivity index (χ0v) is 9.91. The molecule has 0 spiro atoms. The van der Waals surface area contributed by atoms with Crippen LogP contribution >= 0.6 is 12.2 Å². The maximum absolute atomic E-state index is 9.70. The predicted molar refractivity (Wildman–Crippen MR) is 63.5 cm³/mol. The minimum Gasteiger partial charge on any atom is -0.496 e. The van der Waals surface area contributed by atoms with Crippen LogP contribution in [0, 0.1) is 0 Å². The third kappa shape index (κ3) is 2.67. The van der Waals surface area contributed by atoms with Crippen molar-refractivity contribution in [2.24, 2.45) is 0 Å². The fraction of sp³-hybridized carbons (Fsp3) is 0.364. The van der Waals surface area contributed by atoms with Gasteiger partial charge in [-0.15, -0.1) is 0 Å². The highest BCUT2D eigenvalue weighted by molar-refractivity contribution is 7.80. The molecule has 1 aromatic carbocycles. The van der Waals surface area contributed by atoms with Crippen molar-refractivity contribution in [3.63, 3.8) is 0 Å². The number of benzene rings is 1. The monoisotopic (exact) mass is 225 g/mol. The summed E-state index contributed by atoms with van der Waals surface area (Å²) in [6, 6.07) is 7.31. The van der Waals surface area contributed by atoms with Crippen LogP contribution in [0.5, 0.6) is 5.75 Å². The van der Waals surface area contributed by atoms with Crippen LogP contribution < -0.4 is 4.74 Å². The van der Waals surface area contributed by atoms with Crippen molar-refractivity contribution < 1.29 is 9.94 Å². The normalized spacial score (nSPS) is 10.2. The largest absolute Gasteiger partial charge is 0.496 e. The van der Waals surface area contributed by atoms with Crippen molar-refractivity contribution in [3.8, 4) is 5.75 Å². The Labute approximate surface area is 95.2 Å². The third-order valence-electron chi connectivity index (χ3n) is 2.03. The lowest BCUT2D eigenvalue weighted by Gasteiger charge is -2.22. The van der Waals surface area contributed by atoms with E-state index in [0.717, 1.165) is 10.6 Å². The van der Waals surface area contributed by atoms with Gasteiger partial charge in [-0.1, -0.05) is 24.4 Å². The lowest BCUT2D eigenvalue weighted by Crippen LogP contribution is -2.33. The standard InChI is InChI=1S/C11H15NO2S/c1-8(2)12(13)11(15)9-6-4-5-7-10(9)14-3/h4-8,13H,1-3H3. The topological polar surface area (TPSA) is 32.7 Å². The summed E-state index contributed by atoms with van der Waals surface area (Å²) in [6.07, 6.45) is 0. The lowest BCUT2D eigenvalue weighted by molar-refractivity contribution is -0.0384. The summed E-state index contributed by atoms with van der Waals surface area (Å²) in [5, 5.41) is 10.8. The quantitative estimate of drug-likeness (QED) is 0.633. The Morgan fingerprint density at radius 2 is 2.00 bits per heavy atom. The van der Waals surface area contributed by atoms with E-state index in [1.165, 1.54) is 0 Å². The minimum absolute atomic E-state index is 0.0533. The number of para-hydroxylation sites is 1. The molecule has 0 amide bonds. The maximum atomic E-state index is 9.70. The second kappa shape index (κ2) is 5.09. The molecular formula is C11H15NO2S. The molecule has 0 aliphatic carbocycles. The average molecular weight is 225 g/mol. The highest BCUT2D eigenvalue weighted by Gasteiger charge is 2.15. The number of thiocarbonyl (C=S) groups is 1. The van der Waals surface area contributed by atoms with E-state index in [1.807, 2.05) is 38.1 Å². The molecule has 1 N–H and O–H groups in total. The highest BCUT2D eigenvalue weighted by atomic mass is 32.1. The molecule has 0 aromatic heterocycles. The molecule has 0 aliphatic heterocycles. The molecule has 82 valence electrons. The van der Waals surface area contributed by atoms with Gasteiger partial charge < -0.3 is 4.74 Å². The molecule has 0 heterocycles. The first-order valence-electron chi connectivity index (χ1n) is 4.73. The van der Waals surface area contributed by atoms with Crippen LogP contribution in [0.1, 0.15) is 19.4 Å². The van der Waals surface area contributed by atoms with Gasteiger partial charge in [0.2, 0.25) is 0 Å². The minimum atomic E-state index is -0.0533. The number of ether oxygens (including phenoxy) is 1. The van der Waals surface area contributed by atoms with Crippen molar-refractivity contribution in [2.45, 2.75) is 19.9 Å². The van der Waals surface area contributed by atoms with Crippen LogP contribution in [-0.2, 0) is 0 Å². The number of methoxy groups -OCH3 is 1. The van der Waals surface area contributed by atoms with Crippen molar-refractivity contribution in [1.29, 1.82) is 0 Å². The van der Waals surface area contributed by atoms with Gasteiger partial charge in [0.25, 0.3) is 0 Å². The lowest BCUT2D eigenvalue weighted by atomic mass is 10.2. The van der Waals surface area contributed by atoms with Crippen LogP contribution in [0.3, 0.4) is 0 Å². The number of hydrogen-bond donors (Lipinski definition) is 1. The Morgan fingerprint density at radius 1 is 1.40 bits per heavy atom. The third-order valence-corrected chi connectivity index (χ3v) is 2.44. The van der Waals surface area contributed by atoms with Crippen molar-refractivity contribution >= 4 is 17.2 Å². The van der Waals surface area contributed by atoms with E-state index in [-0.39, 0.29) is 6.04 Å². The van der Waals surface area contributed by atoms with Gasteiger partial charge in [0.05, 0.1) is 18.7 Å². The van der Waals surface area contributed by atoms with Gasteiger partial charge in [-0.3, -0.25) is 5.21 Å². The molecule has 0 aliphatic rings. The summed E-state index contributed by atoms with van der Waals surface area (Å²) in [5.74, 6) is 0.669. The highest BCUT2D eigenvalue weighted by Crippen LogP contribution is 2.20. The molecular weight excluding hydrogens is 210 g/mol. The molecule has 0 fully saturated rings. The fourth-order valence-electron chi connectivity index (χ4n) is 1.18. The van der Waals surface area contributed by atoms with Crippen molar-refractivity contribution in [3.05, 3.63) is 29.8 Å². The predicted octanol–water partition coefficient (Wildman–Crippen LogP) is 2.47. The second-order valence-electron chi connectivity index (χ2n) is 3.44. The van der Waals surface area contributed by atoms with Gasteiger partial charge in [-0.2, -0.15) is 0 Å². The van der Waals surface area contributed by atoms with Gasteiger partial charge in [0.1, 0.15) is 10.7 Å². The second-order valence-corrected chi connectivity index (χ2v) is 3.83.